The Labute approximate surface area is 147 Å². The monoisotopic (exact) mass is 340 g/mol. The zero-order valence-corrected chi connectivity index (χ0v) is 15.0. The number of nitrogens with zero attached hydrogens (tertiary/aromatic N) is 3. The summed E-state index contributed by atoms with van der Waals surface area (Å²) in [7, 11) is 1.92. The maximum Gasteiger partial charge on any atom is 0.227 e. The Morgan fingerprint density at radius 1 is 1.24 bits per heavy atom. The normalized spacial score (nSPS) is 14.2. The summed E-state index contributed by atoms with van der Waals surface area (Å²) >= 11 is 0. The summed E-state index contributed by atoms with van der Waals surface area (Å²) in [5, 5.41) is 7.30. The number of amides is 2. The maximum atomic E-state index is 12.2. The number of hydrogen-bond donors (Lipinski definition) is 1. The molecule has 0 spiro atoms. The number of carbonyl (C=O) groups excluding carboxylic acids is 2. The lowest BCUT2D eigenvalue weighted by Gasteiger charge is -2.16. The van der Waals surface area contributed by atoms with Crippen LogP contribution in [0, 0.1) is 13.8 Å². The Hall–Kier alpha value is -2.63. The number of aryl methyl sites for hydroxylation is 2. The summed E-state index contributed by atoms with van der Waals surface area (Å²) in [5.41, 5.74) is 4.86. The second-order valence-electron chi connectivity index (χ2n) is 6.52. The van der Waals surface area contributed by atoms with Crippen molar-refractivity contribution in [1.29, 1.82) is 0 Å². The van der Waals surface area contributed by atoms with Crippen LogP contribution in [-0.4, -0.2) is 28.1 Å². The van der Waals surface area contributed by atoms with Gasteiger partial charge < -0.3 is 10.2 Å². The van der Waals surface area contributed by atoms with Crippen molar-refractivity contribution < 1.29 is 9.59 Å². The third-order valence-corrected chi connectivity index (χ3v) is 4.80. The summed E-state index contributed by atoms with van der Waals surface area (Å²) in [4.78, 5) is 25.8. The summed E-state index contributed by atoms with van der Waals surface area (Å²) in [6.45, 7) is 4.76. The van der Waals surface area contributed by atoms with Crippen molar-refractivity contribution in [2.75, 3.05) is 16.8 Å². The Morgan fingerprint density at radius 2 is 1.96 bits per heavy atom. The summed E-state index contributed by atoms with van der Waals surface area (Å²) in [5.74, 6) is 0.145. The smallest absolute Gasteiger partial charge is 0.227 e. The lowest BCUT2D eigenvalue weighted by atomic mass is 10.1. The third kappa shape index (κ3) is 3.73. The molecule has 3 rings (SSSR count). The minimum Gasteiger partial charge on any atom is -0.326 e. The molecule has 0 bridgehead atoms. The Morgan fingerprint density at radius 3 is 2.52 bits per heavy atom. The van der Waals surface area contributed by atoms with E-state index >= 15 is 0 Å². The van der Waals surface area contributed by atoms with Gasteiger partial charge in [-0.2, -0.15) is 5.10 Å². The van der Waals surface area contributed by atoms with Crippen molar-refractivity contribution in [3.05, 3.63) is 41.2 Å². The van der Waals surface area contributed by atoms with Gasteiger partial charge >= 0.3 is 0 Å². The first kappa shape index (κ1) is 17.2. The molecule has 2 heterocycles. The van der Waals surface area contributed by atoms with Crippen LogP contribution >= 0.6 is 0 Å². The van der Waals surface area contributed by atoms with Crippen molar-refractivity contribution in [3.8, 4) is 0 Å². The van der Waals surface area contributed by atoms with E-state index in [-0.39, 0.29) is 11.8 Å². The van der Waals surface area contributed by atoms with Gasteiger partial charge in [-0.15, -0.1) is 0 Å². The lowest BCUT2D eigenvalue weighted by Crippen LogP contribution is -2.23. The summed E-state index contributed by atoms with van der Waals surface area (Å²) in [6, 6.07) is 7.46. The topological polar surface area (TPSA) is 67.2 Å². The van der Waals surface area contributed by atoms with Gasteiger partial charge in [-0.3, -0.25) is 14.3 Å². The Balaban J connectivity index is 1.57. The number of carbonyl (C=O) groups is 2. The zero-order valence-electron chi connectivity index (χ0n) is 15.0. The molecule has 0 radical (unpaired) electrons. The van der Waals surface area contributed by atoms with E-state index < -0.39 is 0 Å². The molecule has 2 aromatic rings. The second-order valence-corrected chi connectivity index (χ2v) is 6.52. The van der Waals surface area contributed by atoms with Crippen LogP contribution in [0.5, 0.6) is 0 Å². The fourth-order valence-corrected chi connectivity index (χ4v) is 3.29. The molecule has 1 aromatic heterocycles. The van der Waals surface area contributed by atoms with Crippen LogP contribution in [0.4, 0.5) is 11.4 Å². The molecule has 0 atom stereocenters. The maximum absolute atomic E-state index is 12.2. The van der Waals surface area contributed by atoms with E-state index in [9.17, 15) is 9.59 Å². The van der Waals surface area contributed by atoms with Gasteiger partial charge in [0.2, 0.25) is 11.8 Å². The Kier molecular flexibility index (Phi) is 4.88. The third-order valence-electron chi connectivity index (χ3n) is 4.80. The quantitative estimate of drug-likeness (QED) is 0.910. The van der Waals surface area contributed by atoms with Crippen molar-refractivity contribution in [1.82, 2.24) is 9.78 Å². The van der Waals surface area contributed by atoms with E-state index in [1.807, 2.05) is 49.8 Å². The van der Waals surface area contributed by atoms with Crippen LogP contribution in [0.1, 0.15) is 36.2 Å². The predicted molar refractivity (Wildman–Crippen MR) is 97.7 cm³/mol. The first-order chi connectivity index (χ1) is 12.0. The first-order valence-electron chi connectivity index (χ1n) is 8.65. The highest BCUT2D eigenvalue weighted by Gasteiger charge is 2.21. The second kappa shape index (κ2) is 7.09. The number of benzene rings is 1. The summed E-state index contributed by atoms with van der Waals surface area (Å²) in [6.07, 6.45) is 2.62. The van der Waals surface area contributed by atoms with Crippen LogP contribution < -0.4 is 10.2 Å². The molecule has 132 valence electrons. The average Bonchev–Trinajstić information content (AvgIpc) is 3.10. The molecule has 25 heavy (non-hydrogen) atoms. The van der Waals surface area contributed by atoms with Crippen LogP contribution in [0.15, 0.2) is 24.3 Å². The van der Waals surface area contributed by atoms with Gasteiger partial charge in [0.1, 0.15) is 0 Å². The molecule has 1 N–H and O–H groups in total. The van der Waals surface area contributed by atoms with E-state index in [0.29, 0.717) is 19.3 Å². The van der Waals surface area contributed by atoms with E-state index in [1.165, 1.54) is 0 Å². The molecule has 1 fully saturated rings. The minimum absolute atomic E-state index is 0.0207. The lowest BCUT2D eigenvalue weighted by molar-refractivity contribution is -0.117. The number of hydrogen-bond acceptors (Lipinski definition) is 3. The van der Waals surface area contributed by atoms with Gasteiger partial charge in [0.25, 0.3) is 0 Å². The molecule has 1 aromatic carbocycles. The average molecular weight is 340 g/mol. The first-order valence-corrected chi connectivity index (χ1v) is 8.65. The summed E-state index contributed by atoms with van der Waals surface area (Å²) < 4.78 is 1.85. The highest BCUT2D eigenvalue weighted by atomic mass is 16.2. The SMILES string of the molecule is Cc1nn(C)c(C)c1CCC(=O)Nc1ccc(N2CCCC2=O)cc1. The highest BCUT2D eigenvalue weighted by Crippen LogP contribution is 2.23. The minimum atomic E-state index is -0.0207. The standard InChI is InChI=1S/C19H24N4O2/c1-13-17(14(2)22(3)21-13)10-11-18(24)20-15-6-8-16(9-7-15)23-12-4-5-19(23)25/h6-9H,4-5,10-12H2,1-3H3,(H,20,24). The van der Waals surface area contributed by atoms with E-state index in [1.54, 1.807) is 4.90 Å². The van der Waals surface area contributed by atoms with E-state index in [4.69, 9.17) is 0 Å². The van der Waals surface area contributed by atoms with Gasteiger partial charge in [-0.1, -0.05) is 0 Å². The number of aromatic nitrogens is 2. The van der Waals surface area contributed by atoms with Crippen LogP contribution in [0.3, 0.4) is 0 Å². The van der Waals surface area contributed by atoms with Crippen molar-refractivity contribution >= 4 is 23.2 Å². The number of rotatable bonds is 5. The number of anilines is 2. The van der Waals surface area contributed by atoms with Crippen molar-refractivity contribution in [2.45, 2.75) is 39.5 Å². The van der Waals surface area contributed by atoms with Gasteiger partial charge in [-0.05, 0) is 56.5 Å². The van der Waals surface area contributed by atoms with Gasteiger partial charge in [-0.25, -0.2) is 0 Å². The molecule has 1 saturated heterocycles. The molecule has 6 heteroatoms. The predicted octanol–water partition coefficient (Wildman–Crippen LogP) is 2.74. The van der Waals surface area contributed by atoms with Crippen LogP contribution in [0.25, 0.3) is 0 Å². The van der Waals surface area contributed by atoms with E-state index in [0.717, 1.165) is 41.3 Å². The highest BCUT2D eigenvalue weighted by molar-refractivity contribution is 5.96. The molecule has 1 aliphatic rings. The Bertz CT molecular complexity index is 793. The zero-order chi connectivity index (χ0) is 18.0. The van der Waals surface area contributed by atoms with Crippen molar-refractivity contribution in [3.63, 3.8) is 0 Å². The molecule has 0 saturated carbocycles. The van der Waals surface area contributed by atoms with Gasteiger partial charge in [0.05, 0.1) is 5.69 Å². The van der Waals surface area contributed by atoms with Gasteiger partial charge in [0, 0.05) is 43.5 Å². The fourth-order valence-electron chi connectivity index (χ4n) is 3.29. The molecule has 0 aliphatic carbocycles. The molecular formula is C19H24N4O2. The molecule has 0 unspecified atom stereocenters. The number of nitrogens with one attached hydrogen (secondary N) is 1. The molecule has 2 amide bonds. The largest absolute Gasteiger partial charge is 0.326 e. The molecular weight excluding hydrogens is 316 g/mol. The van der Waals surface area contributed by atoms with Crippen LogP contribution in [-0.2, 0) is 23.1 Å². The van der Waals surface area contributed by atoms with E-state index in [2.05, 4.69) is 10.4 Å². The molecule has 1 aliphatic heterocycles. The van der Waals surface area contributed by atoms with Gasteiger partial charge in [0.15, 0.2) is 0 Å². The molecule has 6 nitrogen and oxygen atoms in total. The van der Waals surface area contributed by atoms with Crippen LogP contribution in [0.2, 0.25) is 0 Å². The fraction of sp³-hybridized carbons (Fsp3) is 0.421. The van der Waals surface area contributed by atoms with Crippen molar-refractivity contribution in [2.24, 2.45) is 7.05 Å².